The van der Waals surface area contributed by atoms with E-state index in [1.165, 1.54) is 23.7 Å². The zero-order valence-corrected chi connectivity index (χ0v) is 11.2. The highest BCUT2D eigenvalue weighted by Gasteiger charge is 2.07. The summed E-state index contributed by atoms with van der Waals surface area (Å²) < 4.78 is 6.80. The van der Waals surface area contributed by atoms with Crippen LogP contribution in [0.3, 0.4) is 0 Å². The maximum atomic E-state index is 11.4. The number of thiazole rings is 1. The monoisotopic (exact) mass is 265 g/mol. The van der Waals surface area contributed by atoms with Crippen LogP contribution in [0.4, 0.5) is 0 Å². The van der Waals surface area contributed by atoms with Crippen LogP contribution in [0.15, 0.2) is 12.4 Å². The Kier molecular flexibility index (Phi) is 4.09. The number of hydrogen-bond acceptors (Lipinski definition) is 5. The number of fused-ring (bicyclic) bond motifs is 1. The second kappa shape index (κ2) is 5.77. The number of hydrogen-bond donors (Lipinski definition) is 0. The molecule has 0 bridgehead atoms. The summed E-state index contributed by atoms with van der Waals surface area (Å²) in [4.78, 5) is 17.3. The van der Waals surface area contributed by atoms with E-state index in [-0.39, 0.29) is 5.97 Å². The molecule has 0 aromatic carbocycles. The third-order valence-corrected chi connectivity index (χ3v) is 3.62. The van der Waals surface area contributed by atoms with Crippen LogP contribution in [-0.2, 0) is 9.53 Å². The zero-order chi connectivity index (χ0) is 13.0. The minimum atomic E-state index is -0.304. The van der Waals surface area contributed by atoms with Crippen molar-refractivity contribution in [2.24, 2.45) is 0 Å². The van der Waals surface area contributed by atoms with Gasteiger partial charge in [-0.05, 0) is 19.4 Å². The molecular weight excluding hydrogens is 250 g/mol. The van der Waals surface area contributed by atoms with E-state index >= 15 is 0 Å². The van der Waals surface area contributed by atoms with Crippen LogP contribution in [0.2, 0.25) is 0 Å². The van der Waals surface area contributed by atoms with Gasteiger partial charge in [0.1, 0.15) is 6.33 Å². The standard InChI is InChI=1S/C12H15N3O2S/c1-3-4-7-17-11(16)6-5-10-9(2)15-12(18-10)13-8-14-15/h5-6,8H,3-4,7H2,1-2H3/b6-5+. The van der Waals surface area contributed by atoms with E-state index in [1.54, 1.807) is 10.6 Å². The fourth-order valence-corrected chi connectivity index (χ4v) is 2.41. The fraction of sp³-hybridized carbons (Fsp3) is 0.417. The Hall–Kier alpha value is -1.69. The van der Waals surface area contributed by atoms with Gasteiger partial charge >= 0.3 is 5.97 Å². The highest BCUT2D eigenvalue weighted by molar-refractivity contribution is 7.18. The van der Waals surface area contributed by atoms with Crippen LogP contribution in [0, 0.1) is 6.92 Å². The summed E-state index contributed by atoms with van der Waals surface area (Å²) in [7, 11) is 0. The van der Waals surface area contributed by atoms with Crippen LogP contribution >= 0.6 is 11.3 Å². The highest BCUT2D eigenvalue weighted by Crippen LogP contribution is 2.21. The molecule has 2 heterocycles. The van der Waals surface area contributed by atoms with Crippen LogP contribution in [0.25, 0.3) is 11.0 Å². The summed E-state index contributed by atoms with van der Waals surface area (Å²) in [6.45, 7) is 4.48. The SMILES string of the molecule is CCCCOC(=O)/C=C/c1sc2ncnn2c1C. The predicted octanol–water partition coefficient (Wildman–Crippen LogP) is 2.46. The number of ether oxygens (including phenoxy) is 1. The van der Waals surface area contributed by atoms with Gasteiger partial charge in [0.25, 0.3) is 0 Å². The number of aromatic nitrogens is 3. The van der Waals surface area contributed by atoms with Crippen LogP contribution in [-0.4, -0.2) is 27.2 Å². The van der Waals surface area contributed by atoms with E-state index in [2.05, 4.69) is 17.0 Å². The van der Waals surface area contributed by atoms with Gasteiger partial charge in [-0.25, -0.2) is 14.3 Å². The van der Waals surface area contributed by atoms with Crippen molar-refractivity contribution in [1.29, 1.82) is 0 Å². The highest BCUT2D eigenvalue weighted by atomic mass is 32.1. The van der Waals surface area contributed by atoms with E-state index in [1.807, 2.05) is 6.92 Å². The molecule has 0 atom stereocenters. The molecule has 0 aliphatic carbocycles. The molecule has 6 heteroatoms. The molecular formula is C12H15N3O2S. The molecule has 0 spiro atoms. The summed E-state index contributed by atoms with van der Waals surface area (Å²) in [5, 5.41) is 4.09. The number of nitrogens with zero attached hydrogens (tertiary/aromatic N) is 3. The Labute approximate surface area is 109 Å². The predicted molar refractivity (Wildman–Crippen MR) is 70.5 cm³/mol. The Morgan fingerprint density at radius 3 is 3.17 bits per heavy atom. The first-order valence-corrected chi connectivity index (χ1v) is 6.68. The number of esters is 1. The van der Waals surface area contributed by atoms with Crippen LogP contribution in [0.1, 0.15) is 30.3 Å². The minimum absolute atomic E-state index is 0.304. The number of rotatable bonds is 5. The molecule has 18 heavy (non-hydrogen) atoms. The maximum Gasteiger partial charge on any atom is 0.330 e. The fourth-order valence-electron chi connectivity index (χ4n) is 1.47. The number of carbonyl (C=O) groups excluding carboxylic acids is 1. The van der Waals surface area contributed by atoms with Gasteiger partial charge in [0.05, 0.1) is 17.2 Å². The maximum absolute atomic E-state index is 11.4. The summed E-state index contributed by atoms with van der Waals surface area (Å²) in [5.74, 6) is -0.304. The van der Waals surface area contributed by atoms with Gasteiger partial charge in [0, 0.05) is 6.08 Å². The van der Waals surface area contributed by atoms with E-state index in [9.17, 15) is 4.79 Å². The average molecular weight is 265 g/mol. The lowest BCUT2D eigenvalue weighted by molar-refractivity contribution is -0.137. The first-order chi connectivity index (χ1) is 8.72. The summed E-state index contributed by atoms with van der Waals surface area (Å²) in [6.07, 6.45) is 6.64. The minimum Gasteiger partial charge on any atom is -0.463 e. The summed E-state index contributed by atoms with van der Waals surface area (Å²) in [6, 6.07) is 0. The third kappa shape index (κ3) is 2.76. The van der Waals surface area contributed by atoms with Crippen molar-refractivity contribution in [3.05, 3.63) is 23.0 Å². The van der Waals surface area contributed by atoms with Gasteiger partial charge in [-0.3, -0.25) is 0 Å². The van der Waals surface area contributed by atoms with Gasteiger partial charge in [-0.2, -0.15) is 5.10 Å². The molecule has 0 fully saturated rings. The van der Waals surface area contributed by atoms with Gasteiger partial charge in [0.2, 0.25) is 4.96 Å². The lowest BCUT2D eigenvalue weighted by Gasteiger charge is -1.98. The quantitative estimate of drug-likeness (QED) is 0.473. The molecule has 2 rings (SSSR count). The Morgan fingerprint density at radius 1 is 1.61 bits per heavy atom. The number of carbonyl (C=O) groups is 1. The van der Waals surface area contributed by atoms with Crippen molar-refractivity contribution < 1.29 is 9.53 Å². The van der Waals surface area contributed by atoms with E-state index in [0.717, 1.165) is 28.4 Å². The van der Waals surface area contributed by atoms with Gasteiger partial charge < -0.3 is 4.74 Å². The van der Waals surface area contributed by atoms with Gasteiger partial charge in [-0.15, -0.1) is 0 Å². The van der Waals surface area contributed by atoms with E-state index in [0.29, 0.717) is 6.61 Å². The molecule has 2 aromatic heterocycles. The average Bonchev–Trinajstić information content (AvgIpc) is 2.91. The summed E-state index contributed by atoms with van der Waals surface area (Å²) in [5.41, 5.74) is 0.977. The molecule has 0 N–H and O–H groups in total. The Balaban J connectivity index is 2.02. The van der Waals surface area contributed by atoms with Gasteiger partial charge in [0.15, 0.2) is 0 Å². The molecule has 0 aliphatic rings. The van der Waals surface area contributed by atoms with Crippen molar-refractivity contribution >= 4 is 28.3 Å². The number of unbranched alkanes of at least 4 members (excludes halogenated alkanes) is 1. The second-order valence-electron chi connectivity index (χ2n) is 3.86. The van der Waals surface area contributed by atoms with Crippen molar-refractivity contribution in [3.8, 4) is 0 Å². The normalized spacial score (nSPS) is 11.4. The van der Waals surface area contributed by atoms with Crippen molar-refractivity contribution in [2.45, 2.75) is 26.7 Å². The van der Waals surface area contributed by atoms with E-state index in [4.69, 9.17) is 4.74 Å². The molecule has 0 radical (unpaired) electrons. The third-order valence-electron chi connectivity index (χ3n) is 2.51. The lowest BCUT2D eigenvalue weighted by atomic mass is 10.3. The van der Waals surface area contributed by atoms with E-state index < -0.39 is 0 Å². The van der Waals surface area contributed by atoms with Crippen LogP contribution < -0.4 is 0 Å². The molecule has 0 saturated carbocycles. The molecule has 2 aromatic rings. The molecule has 96 valence electrons. The first-order valence-electron chi connectivity index (χ1n) is 5.86. The Morgan fingerprint density at radius 2 is 2.44 bits per heavy atom. The molecule has 0 unspecified atom stereocenters. The van der Waals surface area contributed by atoms with Gasteiger partial charge in [-0.1, -0.05) is 24.7 Å². The molecule has 0 saturated heterocycles. The molecule has 0 amide bonds. The Bertz CT molecular complexity index is 571. The molecule has 5 nitrogen and oxygen atoms in total. The number of aryl methyl sites for hydroxylation is 1. The zero-order valence-electron chi connectivity index (χ0n) is 10.4. The van der Waals surface area contributed by atoms with Crippen molar-refractivity contribution in [1.82, 2.24) is 14.6 Å². The first kappa shape index (κ1) is 12.8. The lowest BCUT2D eigenvalue weighted by Crippen LogP contribution is -2.01. The largest absolute Gasteiger partial charge is 0.463 e. The summed E-state index contributed by atoms with van der Waals surface area (Å²) >= 11 is 1.50. The smallest absolute Gasteiger partial charge is 0.330 e. The second-order valence-corrected chi connectivity index (χ2v) is 4.87. The van der Waals surface area contributed by atoms with Crippen molar-refractivity contribution in [2.75, 3.05) is 6.61 Å². The molecule has 0 aliphatic heterocycles. The van der Waals surface area contributed by atoms with Crippen LogP contribution in [0.5, 0.6) is 0 Å². The topological polar surface area (TPSA) is 56.5 Å². The van der Waals surface area contributed by atoms with Crippen molar-refractivity contribution in [3.63, 3.8) is 0 Å².